The fraction of sp³-hybridized carbons (Fsp3) is 0.333. The van der Waals surface area contributed by atoms with Gasteiger partial charge < -0.3 is 10.6 Å². The lowest BCUT2D eigenvalue weighted by molar-refractivity contribution is -0.123. The second-order valence-corrected chi connectivity index (χ2v) is 9.80. The largest absolute Gasteiger partial charge is 0.369 e. The first kappa shape index (κ1) is 22.1. The van der Waals surface area contributed by atoms with E-state index in [0.29, 0.717) is 47.8 Å². The van der Waals surface area contributed by atoms with Crippen LogP contribution in [0.25, 0.3) is 0 Å². The minimum absolute atomic E-state index is 0.131. The van der Waals surface area contributed by atoms with Crippen LogP contribution in [0.5, 0.6) is 0 Å². The molecule has 1 fully saturated rings. The normalized spacial score (nSPS) is 15.1. The van der Waals surface area contributed by atoms with Gasteiger partial charge in [-0.25, -0.2) is 8.42 Å². The average Bonchev–Trinajstić information content (AvgIpc) is 2.73. The Bertz CT molecular complexity index is 1060. The molecule has 2 N–H and O–H groups in total. The van der Waals surface area contributed by atoms with E-state index < -0.39 is 10.0 Å². The highest BCUT2D eigenvalue weighted by Crippen LogP contribution is 2.28. The monoisotopic (exact) mass is 449 g/mol. The predicted molar refractivity (Wildman–Crippen MR) is 116 cm³/mol. The third-order valence-corrected chi connectivity index (χ3v) is 7.48. The number of anilines is 1. The van der Waals surface area contributed by atoms with Gasteiger partial charge in [-0.1, -0.05) is 11.6 Å². The van der Waals surface area contributed by atoms with Gasteiger partial charge in [0, 0.05) is 36.6 Å². The van der Waals surface area contributed by atoms with E-state index in [2.05, 4.69) is 0 Å². The molecule has 0 aromatic heterocycles. The van der Waals surface area contributed by atoms with Crippen LogP contribution in [0.4, 0.5) is 5.69 Å². The van der Waals surface area contributed by atoms with Crippen molar-refractivity contribution in [3.8, 4) is 0 Å². The van der Waals surface area contributed by atoms with Crippen molar-refractivity contribution in [2.75, 3.05) is 24.4 Å². The maximum atomic E-state index is 12.9. The summed E-state index contributed by atoms with van der Waals surface area (Å²) >= 11 is 5.85. The van der Waals surface area contributed by atoms with Gasteiger partial charge in [-0.3, -0.25) is 13.9 Å². The Morgan fingerprint density at radius 1 is 1.10 bits per heavy atom. The molecule has 3 rings (SSSR count). The van der Waals surface area contributed by atoms with Crippen LogP contribution in [-0.4, -0.2) is 45.3 Å². The summed E-state index contributed by atoms with van der Waals surface area (Å²) in [4.78, 5) is 26.0. The summed E-state index contributed by atoms with van der Waals surface area (Å²) in [5.74, 6) is -0.659. The van der Waals surface area contributed by atoms with Crippen LogP contribution < -0.4 is 10.0 Å². The van der Waals surface area contributed by atoms with Crippen LogP contribution >= 0.6 is 11.6 Å². The van der Waals surface area contributed by atoms with Crippen molar-refractivity contribution in [1.29, 1.82) is 0 Å². The number of rotatable bonds is 5. The molecular weight excluding hydrogens is 426 g/mol. The van der Waals surface area contributed by atoms with E-state index in [0.717, 1.165) is 0 Å². The molecule has 0 atom stereocenters. The lowest BCUT2D eigenvalue weighted by Crippen LogP contribution is -2.41. The number of sulfonamides is 1. The van der Waals surface area contributed by atoms with Gasteiger partial charge in [-0.2, -0.15) is 0 Å². The molecule has 0 saturated carbocycles. The highest BCUT2D eigenvalue weighted by molar-refractivity contribution is 7.92. The Morgan fingerprint density at radius 3 is 2.23 bits per heavy atom. The quantitative estimate of drug-likeness (QED) is 0.758. The van der Waals surface area contributed by atoms with Crippen molar-refractivity contribution in [2.45, 2.75) is 24.7 Å². The third-order valence-electron chi connectivity index (χ3n) is 5.44. The Balaban J connectivity index is 1.79. The molecule has 160 valence electrons. The number of carbonyl (C=O) groups excluding carboxylic acids is 2. The van der Waals surface area contributed by atoms with Gasteiger partial charge in [0.15, 0.2) is 0 Å². The molecule has 0 unspecified atom stereocenters. The molecule has 30 heavy (non-hydrogen) atoms. The number of hydrogen-bond donors (Lipinski definition) is 1. The minimum Gasteiger partial charge on any atom is -0.369 e. The summed E-state index contributed by atoms with van der Waals surface area (Å²) in [5.41, 5.74) is 6.96. The summed E-state index contributed by atoms with van der Waals surface area (Å²) in [7, 11) is -2.29. The van der Waals surface area contributed by atoms with Gasteiger partial charge in [0.1, 0.15) is 0 Å². The maximum absolute atomic E-state index is 12.9. The molecular formula is C21H24ClN3O4S. The van der Waals surface area contributed by atoms with Crippen LogP contribution in [0.3, 0.4) is 0 Å². The number of nitrogens with zero attached hydrogens (tertiary/aromatic N) is 2. The number of aryl methyl sites for hydroxylation is 1. The number of benzene rings is 2. The smallest absolute Gasteiger partial charge is 0.264 e. The standard InChI is InChI=1S/C21H24ClN3O4S/c1-14-13-16(21(27)25-11-9-15(10-12-25)20(23)26)3-8-19(14)24(2)30(28,29)18-6-4-17(22)5-7-18/h3-8,13,15H,9-12H2,1-2H3,(H2,23,26). The number of halogens is 1. The van der Waals surface area contributed by atoms with Crippen molar-refractivity contribution in [2.24, 2.45) is 11.7 Å². The van der Waals surface area contributed by atoms with Crippen molar-refractivity contribution in [3.05, 3.63) is 58.6 Å². The fourth-order valence-electron chi connectivity index (χ4n) is 3.59. The molecule has 9 heteroatoms. The number of hydrogen-bond acceptors (Lipinski definition) is 4. The number of likely N-dealkylation sites (tertiary alicyclic amines) is 1. The highest BCUT2D eigenvalue weighted by atomic mass is 35.5. The Hall–Kier alpha value is -2.58. The molecule has 1 aliphatic heterocycles. The molecule has 0 aliphatic carbocycles. The van der Waals surface area contributed by atoms with Crippen LogP contribution in [0.2, 0.25) is 5.02 Å². The topological polar surface area (TPSA) is 101 Å². The zero-order chi connectivity index (χ0) is 22.1. The molecule has 2 aromatic rings. The maximum Gasteiger partial charge on any atom is 0.264 e. The SMILES string of the molecule is Cc1cc(C(=O)N2CCC(C(N)=O)CC2)ccc1N(C)S(=O)(=O)c1ccc(Cl)cc1. The van der Waals surface area contributed by atoms with E-state index in [9.17, 15) is 18.0 Å². The van der Waals surface area contributed by atoms with Crippen LogP contribution in [0.1, 0.15) is 28.8 Å². The lowest BCUT2D eigenvalue weighted by atomic mass is 9.95. The molecule has 0 radical (unpaired) electrons. The fourth-order valence-corrected chi connectivity index (χ4v) is 4.97. The highest BCUT2D eigenvalue weighted by Gasteiger charge is 2.27. The van der Waals surface area contributed by atoms with Gasteiger partial charge in [-0.15, -0.1) is 0 Å². The molecule has 1 saturated heterocycles. The number of amides is 2. The van der Waals surface area contributed by atoms with E-state index in [4.69, 9.17) is 17.3 Å². The van der Waals surface area contributed by atoms with Gasteiger partial charge in [-0.05, 0) is 67.8 Å². The Kier molecular flexibility index (Phi) is 6.38. The third kappa shape index (κ3) is 4.44. The summed E-state index contributed by atoms with van der Waals surface area (Å²) < 4.78 is 27.0. The second kappa shape index (κ2) is 8.65. The van der Waals surface area contributed by atoms with Crippen molar-refractivity contribution in [1.82, 2.24) is 4.90 Å². The second-order valence-electron chi connectivity index (χ2n) is 7.40. The summed E-state index contributed by atoms with van der Waals surface area (Å²) in [6.07, 6.45) is 1.11. The Morgan fingerprint density at radius 2 is 1.70 bits per heavy atom. The molecule has 7 nitrogen and oxygen atoms in total. The van der Waals surface area contributed by atoms with Crippen molar-refractivity contribution in [3.63, 3.8) is 0 Å². The van der Waals surface area contributed by atoms with E-state index in [1.54, 1.807) is 30.0 Å². The minimum atomic E-state index is -3.76. The number of carbonyl (C=O) groups is 2. The van der Waals surface area contributed by atoms with E-state index in [-0.39, 0.29) is 22.6 Å². The van der Waals surface area contributed by atoms with E-state index in [1.165, 1.54) is 35.6 Å². The molecule has 1 aliphatic rings. The molecule has 0 bridgehead atoms. The van der Waals surface area contributed by atoms with Gasteiger partial charge in [0.2, 0.25) is 5.91 Å². The van der Waals surface area contributed by atoms with E-state index in [1.807, 2.05) is 0 Å². The van der Waals surface area contributed by atoms with Gasteiger partial charge in [0.05, 0.1) is 10.6 Å². The van der Waals surface area contributed by atoms with Crippen LogP contribution in [0, 0.1) is 12.8 Å². The van der Waals surface area contributed by atoms with Gasteiger partial charge >= 0.3 is 0 Å². The van der Waals surface area contributed by atoms with Crippen LogP contribution in [-0.2, 0) is 14.8 Å². The molecule has 2 aromatic carbocycles. The first-order valence-corrected chi connectivity index (χ1v) is 11.4. The summed E-state index contributed by atoms with van der Waals surface area (Å²) in [6.45, 7) is 2.70. The number of primary amides is 1. The van der Waals surface area contributed by atoms with Crippen molar-refractivity contribution < 1.29 is 18.0 Å². The molecule has 1 heterocycles. The predicted octanol–water partition coefficient (Wildman–Crippen LogP) is 2.81. The summed E-state index contributed by atoms with van der Waals surface area (Å²) in [5, 5.41) is 0.454. The number of piperidine rings is 1. The van der Waals surface area contributed by atoms with Gasteiger partial charge in [0.25, 0.3) is 15.9 Å². The first-order valence-electron chi connectivity index (χ1n) is 9.55. The molecule has 0 spiro atoms. The molecule has 2 amide bonds. The number of nitrogens with two attached hydrogens (primary N) is 1. The zero-order valence-electron chi connectivity index (χ0n) is 16.8. The van der Waals surface area contributed by atoms with Crippen molar-refractivity contribution >= 4 is 39.1 Å². The average molecular weight is 450 g/mol. The van der Waals surface area contributed by atoms with E-state index >= 15 is 0 Å². The first-order chi connectivity index (χ1) is 14.1. The zero-order valence-corrected chi connectivity index (χ0v) is 18.4. The Labute approximate surface area is 181 Å². The van der Waals surface area contributed by atoms with Crippen LogP contribution in [0.15, 0.2) is 47.4 Å². The summed E-state index contributed by atoms with van der Waals surface area (Å²) in [6, 6.07) is 10.9. The lowest BCUT2D eigenvalue weighted by Gasteiger charge is -2.31.